The first-order valence-electron chi connectivity index (χ1n) is 2.78. The van der Waals surface area contributed by atoms with Crippen LogP contribution in [-0.4, -0.2) is 17.1 Å². The highest BCUT2D eigenvalue weighted by atomic mass is 16.6. The van der Waals surface area contributed by atoms with Gasteiger partial charge in [-0.2, -0.15) is 0 Å². The topological polar surface area (TPSA) is 68.4 Å². The third kappa shape index (κ3) is 1.54. The Hall–Kier alpha value is -0.905. The Morgan fingerprint density at radius 3 is 3.00 bits per heavy atom. The molecule has 1 heterocycles. The second-order valence-corrected chi connectivity index (χ2v) is 1.77. The Balaban J connectivity index is 2.75. The minimum atomic E-state index is -1.08. The number of aromatic nitrogens is 1. The standard InChI is InChI=1S/C5H7BN2O2/c7-10-6(9)5-2-1-3-8-4-5/h1-4,9H,7H2. The molecule has 0 radical (unpaired) electrons. The third-order valence-corrected chi connectivity index (χ3v) is 1.10. The lowest BCUT2D eigenvalue weighted by atomic mass is 9.81. The van der Waals surface area contributed by atoms with E-state index in [0.717, 1.165) is 0 Å². The van der Waals surface area contributed by atoms with E-state index < -0.39 is 7.12 Å². The summed E-state index contributed by atoms with van der Waals surface area (Å²) in [5.74, 6) is 4.73. The van der Waals surface area contributed by atoms with Crippen LogP contribution in [0.1, 0.15) is 0 Å². The van der Waals surface area contributed by atoms with Crippen LogP contribution in [0.15, 0.2) is 24.5 Å². The summed E-state index contributed by atoms with van der Waals surface area (Å²) < 4.78 is 4.15. The van der Waals surface area contributed by atoms with Gasteiger partial charge in [-0.05, 0) is 6.07 Å². The summed E-state index contributed by atoms with van der Waals surface area (Å²) in [4.78, 5) is 3.76. The number of rotatable bonds is 2. The average Bonchev–Trinajstić information content (AvgIpc) is 2.05. The Bertz CT molecular complexity index is 194. The van der Waals surface area contributed by atoms with Crippen LogP contribution >= 0.6 is 0 Å². The molecule has 0 saturated carbocycles. The highest BCUT2D eigenvalue weighted by Gasteiger charge is 2.13. The van der Waals surface area contributed by atoms with E-state index in [0.29, 0.717) is 5.46 Å². The normalized spacial score (nSPS) is 9.40. The first-order valence-corrected chi connectivity index (χ1v) is 2.78. The summed E-state index contributed by atoms with van der Waals surface area (Å²) in [6.45, 7) is 0. The molecule has 52 valence electrons. The van der Waals surface area contributed by atoms with Gasteiger partial charge in [0.2, 0.25) is 0 Å². The van der Waals surface area contributed by atoms with E-state index in [2.05, 4.69) is 9.74 Å². The highest BCUT2D eigenvalue weighted by molar-refractivity contribution is 6.59. The molecule has 3 N–H and O–H groups in total. The monoisotopic (exact) mass is 138 g/mol. The molecule has 5 heteroatoms. The van der Waals surface area contributed by atoms with E-state index in [1.807, 2.05) is 0 Å². The van der Waals surface area contributed by atoms with Gasteiger partial charge >= 0.3 is 7.12 Å². The van der Waals surface area contributed by atoms with Crippen molar-refractivity contribution in [2.24, 2.45) is 5.90 Å². The summed E-state index contributed by atoms with van der Waals surface area (Å²) in [6.07, 6.45) is 3.09. The molecule has 0 aliphatic rings. The molecule has 0 bridgehead atoms. The SMILES string of the molecule is NOB(O)c1cccnc1. The molecular weight excluding hydrogens is 131 g/mol. The van der Waals surface area contributed by atoms with Gasteiger partial charge in [-0.15, -0.1) is 0 Å². The number of hydrogen-bond donors (Lipinski definition) is 2. The second kappa shape index (κ2) is 3.31. The fourth-order valence-electron chi connectivity index (χ4n) is 0.601. The quantitative estimate of drug-likeness (QED) is 0.392. The lowest BCUT2D eigenvalue weighted by molar-refractivity contribution is 0.281. The van der Waals surface area contributed by atoms with E-state index >= 15 is 0 Å². The maximum absolute atomic E-state index is 8.94. The third-order valence-electron chi connectivity index (χ3n) is 1.10. The second-order valence-electron chi connectivity index (χ2n) is 1.77. The first-order chi connectivity index (χ1) is 4.84. The van der Waals surface area contributed by atoms with Gasteiger partial charge < -0.3 is 9.78 Å². The lowest BCUT2D eigenvalue weighted by Crippen LogP contribution is -2.36. The van der Waals surface area contributed by atoms with Gasteiger partial charge in [0.25, 0.3) is 0 Å². The summed E-state index contributed by atoms with van der Waals surface area (Å²) >= 11 is 0. The van der Waals surface area contributed by atoms with Crippen molar-refractivity contribution < 1.29 is 9.78 Å². The Morgan fingerprint density at radius 1 is 1.70 bits per heavy atom. The maximum atomic E-state index is 8.94. The van der Waals surface area contributed by atoms with Crippen LogP contribution in [-0.2, 0) is 4.76 Å². The van der Waals surface area contributed by atoms with Crippen LogP contribution < -0.4 is 11.4 Å². The van der Waals surface area contributed by atoms with E-state index in [-0.39, 0.29) is 0 Å². The molecule has 1 rings (SSSR count). The summed E-state index contributed by atoms with van der Waals surface area (Å²) in [6, 6.07) is 3.36. The minimum absolute atomic E-state index is 0.546. The highest BCUT2D eigenvalue weighted by Crippen LogP contribution is 1.80. The molecule has 0 aromatic carbocycles. The zero-order chi connectivity index (χ0) is 7.40. The predicted molar refractivity (Wildman–Crippen MR) is 37.1 cm³/mol. The Kier molecular flexibility index (Phi) is 2.38. The lowest BCUT2D eigenvalue weighted by Gasteiger charge is -1.99. The molecule has 0 saturated heterocycles. The van der Waals surface area contributed by atoms with Crippen molar-refractivity contribution in [3.05, 3.63) is 24.5 Å². The number of nitrogens with zero attached hydrogens (tertiary/aromatic N) is 1. The predicted octanol–water partition coefficient (Wildman–Crippen LogP) is -1.34. The van der Waals surface area contributed by atoms with Gasteiger partial charge in [0.05, 0.1) is 0 Å². The van der Waals surface area contributed by atoms with Crippen LogP contribution in [0, 0.1) is 0 Å². The molecule has 1 aromatic rings. The fraction of sp³-hybridized carbons (Fsp3) is 0. The van der Waals surface area contributed by atoms with Crippen molar-refractivity contribution in [2.75, 3.05) is 0 Å². The van der Waals surface area contributed by atoms with Gasteiger partial charge in [0, 0.05) is 17.9 Å². The maximum Gasteiger partial charge on any atom is 0.509 e. The molecule has 10 heavy (non-hydrogen) atoms. The van der Waals surface area contributed by atoms with E-state index in [9.17, 15) is 0 Å². The average molecular weight is 138 g/mol. The first kappa shape index (κ1) is 7.20. The van der Waals surface area contributed by atoms with Crippen molar-refractivity contribution in [1.29, 1.82) is 0 Å². The Labute approximate surface area is 58.7 Å². The van der Waals surface area contributed by atoms with Crippen LogP contribution in [0.3, 0.4) is 0 Å². The van der Waals surface area contributed by atoms with Gasteiger partial charge in [-0.3, -0.25) is 4.98 Å². The van der Waals surface area contributed by atoms with Crippen molar-refractivity contribution in [3.8, 4) is 0 Å². The van der Waals surface area contributed by atoms with E-state index in [4.69, 9.17) is 10.9 Å². The molecule has 0 unspecified atom stereocenters. The molecule has 0 aliphatic carbocycles. The van der Waals surface area contributed by atoms with Gasteiger partial charge in [-0.25, -0.2) is 5.90 Å². The summed E-state index contributed by atoms with van der Waals surface area (Å²) in [5, 5.41) is 8.94. The minimum Gasteiger partial charge on any atom is -0.422 e. The van der Waals surface area contributed by atoms with Crippen LogP contribution in [0.4, 0.5) is 0 Å². The largest absolute Gasteiger partial charge is 0.509 e. The zero-order valence-corrected chi connectivity index (χ0v) is 5.27. The van der Waals surface area contributed by atoms with Crippen LogP contribution in [0.25, 0.3) is 0 Å². The fourth-order valence-corrected chi connectivity index (χ4v) is 0.601. The molecule has 0 atom stereocenters. The number of hydrogen-bond acceptors (Lipinski definition) is 4. The molecule has 0 amide bonds. The van der Waals surface area contributed by atoms with Crippen LogP contribution in [0.2, 0.25) is 0 Å². The van der Waals surface area contributed by atoms with Crippen molar-refractivity contribution in [3.63, 3.8) is 0 Å². The van der Waals surface area contributed by atoms with Gasteiger partial charge in [-0.1, -0.05) is 6.07 Å². The molecule has 0 aliphatic heterocycles. The smallest absolute Gasteiger partial charge is 0.422 e. The Morgan fingerprint density at radius 2 is 2.50 bits per heavy atom. The number of pyridine rings is 1. The molecule has 4 nitrogen and oxygen atoms in total. The van der Waals surface area contributed by atoms with Crippen molar-refractivity contribution >= 4 is 12.6 Å². The molecule has 0 spiro atoms. The van der Waals surface area contributed by atoms with Gasteiger partial charge in [0.1, 0.15) is 0 Å². The zero-order valence-electron chi connectivity index (χ0n) is 5.27. The van der Waals surface area contributed by atoms with E-state index in [1.54, 1.807) is 18.3 Å². The van der Waals surface area contributed by atoms with Crippen molar-refractivity contribution in [1.82, 2.24) is 4.98 Å². The number of nitrogens with two attached hydrogens (primary N) is 1. The molecule has 0 fully saturated rings. The van der Waals surface area contributed by atoms with Gasteiger partial charge in [0.15, 0.2) is 0 Å². The molecular formula is C5H7BN2O2. The summed E-state index contributed by atoms with van der Waals surface area (Å²) in [7, 11) is -1.08. The summed E-state index contributed by atoms with van der Waals surface area (Å²) in [5.41, 5.74) is 0.546. The molecule has 1 aromatic heterocycles. The van der Waals surface area contributed by atoms with E-state index in [1.165, 1.54) is 6.20 Å². The van der Waals surface area contributed by atoms with Crippen molar-refractivity contribution in [2.45, 2.75) is 0 Å². The van der Waals surface area contributed by atoms with Crippen LogP contribution in [0.5, 0.6) is 0 Å².